The fraction of sp³-hybridized carbons (Fsp3) is 0.189. The Bertz CT molecular complexity index is 5820. The van der Waals surface area contributed by atoms with Crippen molar-refractivity contribution < 1.29 is 4.74 Å². The molecule has 17 aromatic carbocycles. The van der Waals surface area contributed by atoms with Crippen molar-refractivity contribution in [1.82, 2.24) is 0 Å². The van der Waals surface area contributed by atoms with E-state index in [-0.39, 0.29) is 0 Å². The van der Waals surface area contributed by atoms with Crippen molar-refractivity contribution in [2.75, 3.05) is 0 Å². The third-order valence-electron chi connectivity index (χ3n) is 21.1. The topological polar surface area (TPSA) is 9.23 Å². The normalized spacial score (nSPS) is 10.7. The molecule has 0 bridgehead atoms. The van der Waals surface area contributed by atoms with Crippen molar-refractivity contribution in [3.63, 3.8) is 0 Å². The molecule has 0 saturated heterocycles. The van der Waals surface area contributed by atoms with E-state index in [0.29, 0.717) is 0 Å². The van der Waals surface area contributed by atoms with Gasteiger partial charge < -0.3 is 4.74 Å². The Balaban J connectivity index is 0.000000129. The first-order valence-electron chi connectivity index (χ1n) is 39.6. The van der Waals surface area contributed by atoms with Gasteiger partial charge in [-0.15, -0.1) is 0 Å². The van der Waals surface area contributed by atoms with Gasteiger partial charge in [0.2, 0.25) is 0 Å². The lowest BCUT2D eigenvalue weighted by molar-refractivity contribution is 0.482. The van der Waals surface area contributed by atoms with Gasteiger partial charge in [0.1, 0.15) is 11.5 Å². The molecule has 0 amide bonds. The molecule has 0 atom stereocenters. The van der Waals surface area contributed by atoms with Crippen molar-refractivity contribution in [3.05, 3.63) is 437 Å². The quantitative estimate of drug-likeness (QED) is 0.145. The maximum atomic E-state index is 5.69. The van der Waals surface area contributed by atoms with Crippen LogP contribution in [-0.2, 0) is 12.8 Å². The van der Waals surface area contributed by atoms with Crippen LogP contribution in [0.2, 0.25) is 0 Å². The van der Waals surface area contributed by atoms with Crippen LogP contribution in [0.15, 0.2) is 309 Å². The van der Waals surface area contributed by atoms with Crippen molar-refractivity contribution >= 4 is 64.6 Å². The highest BCUT2D eigenvalue weighted by Crippen LogP contribution is 2.34. The van der Waals surface area contributed by atoms with Crippen LogP contribution in [0.25, 0.3) is 75.8 Å². The van der Waals surface area contributed by atoms with Crippen LogP contribution in [0.3, 0.4) is 0 Å². The highest BCUT2D eigenvalue weighted by atomic mass is 16.5. The monoisotopic (exact) mass is 1460 g/mol. The van der Waals surface area contributed by atoms with Gasteiger partial charge in [0.15, 0.2) is 0 Å². The van der Waals surface area contributed by atoms with Gasteiger partial charge in [-0.2, -0.15) is 0 Å². The van der Waals surface area contributed by atoms with E-state index in [9.17, 15) is 0 Å². The summed E-state index contributed by atoms with van der Waals surface area (Å²) in [5.41, 5.74) is 33.5. The number of ether oxygens (including phenoxy) is 1. The zero-order chi connectivity index (χ0) is 79.7. The largest absolute Gasteiger partial charge is 0.457 e. The minimum absolute atomic E-state index is 0.879. The molecule has 1 heteroatoms. The number of rotatable bonds is 7. The fourth-order valence-corrected chi connectivity index (χ4v) is 15.0. The number of fused-ring (bicyclic) bond motifs is 6. The van der Waals surface area contributed by atoms with Crippen LogP contribution in [-0.4, -0.2) is 0 Å². The molecular formula is C111H112O. The molecule has 17 rings (SSSR count). The molecule has 0 aliphatic rings. The van der Waals surface area contributed by atoms with Gasteiger partial charge in [-0.25, -0.2) is 0 Å². The summed E-state index contributed by atoms with van der Waals surface area (Å²) in [5.74, 6) is 1.76. The standard InChI is InChI=1S/3C17H16.2C16H18.C14H14O.C14H14/c1-11-5-7-16-13(3)17-9-12(2)4-6-14(17)10-15(16)8-11;1-11-4-6-16-13(3)17-7-5-12(2)9-15(17)10-14(16)8-11;1-11-6-4-8-14-13(3)15-9-5-7-12(2)17(15)10-16(11)14;1-12-4-6-15(7-5-12)11-16-9-13(2)8-14(3)10-16;1-12-5-4-6-15(8-12)11-16-9-13(2)7-14(3)10-16;1-11-3-7-13(8-4-11)15-14-9-5-12(2)6-10-14;1-11-3-7-13(8-4-11)14-9-5-12(2)6-10-14/h3*4-10H,1-3H3;2*4-10H,11H2,1-3H3;3-10H,1-2H3;3-10H,1-2H3. The summed E-state index contributed by atoms with van der Waals surface area (Å²) in [5, 5.41) is 16.4. The van der Waals surface area contributed by atoms with Gasteiger partial charge in [-0.05, 0) is 313 Å². The lowest BCUT2D eigenvalue weighted by Crippen LogP contribution is -1.90. The maximum absolute atomic E-state index is 5.69. The zero-order valence-electron chi connectivity index (χ0n) is 69.8. The first-order chi connectivity index (χ1) is 53.7. The minimum Gasteiger partial charge on any atom is -0.457 e. The summed E-state index contributed by atoms with van der Waals surface area (Å²) in [6, 6.07) is 111. The third kappa shape index (κ3) is 22.2. The summed E-state index contributed by atoms with van der Waals surface area (Å²) in [6.45, 7) is 40.9. The van der Waals surface area contributed by atoms with E-state index in [4.69, 9.17) is 4.74 Å². The molecule has 562 valence electrons. The Morgan fingerprint density at radius 2 is 0.482 bits per heavy atom. The van der Waals surface area contributed by atoms with Gasteiger partial charge >= 0.3 is 0 Å². The average Bonchev–Trinajstić information content (AvgIpc) is 0.768. The molecule has 0 heterocycles. The first-order valence-corrected chi connectivity index (χ1v) is 39.6. The number of hydrogen-bond donors (Lipinski definition) is 0. The summed E-state index contributed by atoms with van der Waals surface area (Å²) >= 11 is 0. The second-order valence-electron chi connectivity index (χ2n) is 31.5. The molecular weight excluding hydrogens is 1350 g/mol. The molecule has 0 N–H and O–H groups in total. The summed E-state index contributed by atoms with van der Waals surface area (Å²) in [7, 11) is 0. The van der Waals surface area contributed by atoms with Gasteiger partial charge in [0.25, 0.3) is 0 Å². The smallest absolute Gasteiger partial charge is 0.127 e. The Labute approximate surface area is 669 Å². The van der Waals surface area contributed by atoms with Crippen LogP contribution in [0.1, 0.15) is 128 Å². The fourth-order valence-electron chi connectivity index (χ4n) is 15.0. The number of hydrogen-bond acceptors (Lipinski definition) is 1. The van der Waals surface area contributed by atoms with Crippen LogP contribution in [0, 0.1) is 132 Å². The first kappa shape index (κ1) is 81.1. The Morgan fingerprint density at radius 1 is 0.170 bits per heavy atom. The minimum atomic E-state index is 0.879. The lowest BCUT2D eigenvalue weighted by atomic mass is 9.93. The van der Waals surface area contributed by atoms with E-state index in [1.165, 1.54) is 204 Å². The molecule has 112 heavy (non-hydrogen) atoms. The van der Waals surface area contributed by atoms with Crippen LogP contribution in [0.5, 0.6) is 11.5 Å². The van der Waals surface area contributed by atoms with Crippen LogP contribution >= 0.6 is 0 Å². The second kappa shape index (κ2) is 37.7. The summed E-state index contributed by atoms with van der Waals surface area (Å²) in [6.07, 6.45) is 2.06. The van der Waals surface area contributed by atoms with Gasteiger partial charge in [0.05, 0.1) is 0 Å². The number of benzene rings is 17. The highest BCUT2D eigenvalue weighted by molar-refractivity contribution is 6.05. The molecule has 0 aliphatic heterocycles. The van der Waals surface area contributed by atoms with E-state index in [0.717, 1.165) is 24.3 Å². The van der Waals surface area contributed by atoms with Gasteiger partial charge in [-0.3, -0.25) is 0 Å². The molecule has 0 saturated carbocycles. The Hall–Kier alpha value is -11.9. The summed E-state index contributed by atoms with van der Waals surface area (Å²) < 4.78 is 5.69. The van der Waals surface area contributed by atoms with Gasteiger partial charge in [0, 0.05) is 0 Å². The van der Waals surface area contributed by atoms with E-state index in [2.05, 4.69) is 392 Å². The Morgan fingerprint density at radius 3 is 0.893 bits per heavy atom. The molecule has 0 aromatic heterocycles. The highest BCUT2D eigenvalue weighted by Gasteiger charge is 2.10. The van der Waals surface area contributed by atoms with Crippen molar-refractivity contribution in [2.45, 2.75) is 144 Å². The van der Waals surface area contributed by atoms with E-state index < -0.39 is 0 Å². The molecule has 0 fully saturated rings. The number of aryl methyl sites for hydroxylation is 19. The predicted octanol–water partition coefficient (Wildman–Crippen LogP) is 31.2. The van der Waals surface area contributed by atoms with Gasteiger partial charge in [-0.1, -0.05) is 345 Å². The Kier molecular flexibility index (Phi) is 27.3. The third-order valence-corrected chi connectivity index (χ3v) is 21.1. The molecule has 0 radical (unpaired) electrons. The van der Waals surface area contributed by atoms with E-state index in [1.807, 2.05) is 48.5 Å². The SMILES string of the molecule is Cc1ccc(-c2ccc(C)cc2)cc1.Cc1ccc(Cc2cc(C)cc(C)c2)cc1.Cc1ccc(Oc2ccc(C)cc2)cc1.Cc1ccc2c(C)c3cc(C)ccc3cc2c1.Cc1ccc2c(C)c3ccc(C)cc3cc2c1.Cc1cccc(Cc2cc(C)cc(C)c2)c1.Cc1cccc2c(C)c3cccc(C)c3cc12. The van der Waals surface area contributed by atoms with Crippen molar-refractivity contribution in [2.24, 2.45) is 0 Å². The van der Waals surface area contributed by atoms with E-state index >= 15 is 0 Å². The van der Waals surface area contributed by atoms with Crippen molar-refractivity contribution in [1.29, 1.82) is 0 Å². The predicted molar refractivity (Wildman–Crippen MR) is 491 cm³/mol. The van der Waals surface area contributed by atoms with E-state index in [1.54, 1.807) is 0 Å². The molecule has 17 aromatic rings. The molecule has 0 spiro atoms. The maximum Gasteiger partial charge on any atom is 0.127 e. The van der Waals surface area contributed by atoms with Crippen molar-refractivity contribution in [3.8, 4) is 22.6 Å². The molecule has 0 unspecified atom stereocenters. The molecule has 0 aliphatic carbocycles. The average molecular weight is 1460 g/mol. The molecule has 1 nitrogen and oxygen atoms in total. The zero-order valence-corrected chi connectivity index (χ0v) is 69.8. The van der Waals surface area contributed by atoms with Crippen LogP contribution < -0.4 is 4.74 Å². The lowest BCUT2D eigenvalue weighted by Gasteiger charge is -2.11. The second-order valence-corrected chi connectivity index (χ2v) is 31.5. The van der Waals surface area contributed by atoms with Crippen LogP contribution in [0.4, 0.5) is 0 Å². The summed E-state index contributed by atoms with van der Waals surface area (Å²) in [4.78, 5) is 0.